The maximum Gasteiger partial charge on any atom is 0.373 e. The maximum atomic E-state index is 13.1. The Morgan fingerprint density at radius 2 is 2.14 bits per heavy atom. The third kappa shape index (κ3) is 3.35. The van der Waals surface area contributed by atoms with Gasteiger partial charge in [0.25, 0.3) is 0 Å². The fourth-order valence-electron chi connectivity index (χ4n) is 1.57. The summed E-state index contributed by atoms with van der Waals surface area (Å²) in [6, 6.07) is 5.71. The number of carbonyl (C=O) groups is 1. The van der Waals surface area contributed by atoms with Gasteiger partial charge in [-0.15, -0.1) is 0 Å². The summed E-state index contributed by atoms with van der Waals surface area (Å²) in [4.78, 5) is 21.3. The Morgan fingerprint density at radius 3 is 2.81 bits per heavy atom. The van der Waals surface area contributed by atoms with Crippen LogP contribution in [0.2, 0.25) is 0 Å². The summed E-state index contributed by atoms with van der Waals surface area (Å²) in [6.07, 6.45) is 0. The molecule has 0 aliphatic rings. The highest BCUT2D eigenvalue weighted by Gasteiger charge is 2.17. The number of esters is 1. The molecule has 1 heterocycles. The molecule has 2 rings (SSSR count). The molecule has 110 valence electrons. The van der Waals surface area contributed by atoms with Crippen molar-refractivity contribution in [2.24, 2.45) is 0 Å². The van der Waals surface area contributed by atoms with Gasteiger partial charge in [0.2, 0.25) is 5.76 Å². The van der Waals surface area contributed by atoms with Crippen molar-refractivity contribution in [3.8, 4) is 5.75 Å². The fourth-order valence-corrected chi connectivity index (χ4v) is 1.57. The van der Waals surface area contributed by atoms with Gasteiger partial charge in [-0.1, -0.05) is 0 Å². The first-order valence-electron chi connectivity index (χ1n) is 5.75. The molecular weight excluding hydrogens is 285 g/mol. The molecule has 8 heteroatoms. The van der Waals surface area contributed by atoms with Crippen molar-refractivity contribution < 1.29 is 28.0 Å². The molecule has 0 atom stereocenters. The van der Waals surface area contributed by atoms with Crippen molar-refractivity contribution in [2.75, 3.05) is 7.11 Å². The molecule has 2 aromatic rings. The highest BCUT2D eigenvalue weighted by Crippen LogP contribution is 2.28. The fraction of sp³-hybridized carbons (Fsp3) is 0.154. The lowest BCUT2D eigenvalue weighted by atomic mass is 10.3. The van der Waals surface area contributed by atoms with Crippen LogP contribution in [0.4, 0.5) is 10.1 Å². The summed E-state index contributed by atoms with van der Waals surface area (Å²) >= 11 is 0. The van der Waals surface area contributed by atoms with E-state index in [1.54, 1.807) is 0 Å². The Hall–Kier alpha value is -2.90. The molecule has 0 aliphatic carbocycles. The lowest BCUT2D eigenvalue weighted by molar-refractivity contribution is -0.386. The first-order valence-corrected chi connectivity index (χ1v) is 5.75. The van der Waals surface area contributed by atoms with E-state index in [4.69, 9.17) is 9.15 Å². The van der Waals surface area contributed by atoms with Crippen molar-refractivity contribution in [3.05, 3.63) is 57.8 Å². The molecule has 1 aromatic carbocycles. The third-order valence-electron chi connectivity index (χ3n) is 2.54. The van der Waals surface area contributed by atoms with Crippen LogP contribution < -0.4 is 4.74 Å². The summed E-state index contributed by atoms with van der Waals surface area (Å²) < 4.78 is 27.9. The SMILES string of the molecule is COC(=O)c1ccc(COc2cc(F)ccc2[N+](=O)[O-])o1. The Bertz CT molecular complexity index is 681. The summed E-state index contributed by atoms with van der Waals surface area (Å²) in [5.41, 5.74) is -0.365. The molecule has 0 saturated carbocycles. The summed E-state index contributed by atoms with van der Waals surface area (Å²) in [5, 5.41) is 10.8. The molecule has 1 aromatic heterocycles. The van der Waals surface area contributed by atoms with E-state index < -0.39 is 16.7 Å². The van der Waals surface area contributed by atoms with Crippen molar-refractivity contribution in [3.63, 3.8) is 0 Å². The Morgan fingerprint density at radius 1 is 1.38 bits per heavy atom. The first-order chi connectivity index (χ1) is 10.0. The summed E-state index contributed by atoms with van der Waals surface area (Å²) in [6.45, 7) is -0.193. The Balaban J connectivity index is 2.13. The number of halogens is 1. The van der Waals surface area contributed by atoms with Gasteiger partial charge in [0, 0.05) is 12.1 Å². The average molecular weight is 295 g/mol. The molecular formula is C13H10FNO6. The van der Waals surface area contributed by atoms with Crippen LogP contribution in [0, 0.1) is 15.9 Å². The third-order valence-corrected chi connectivity index (χ3v) is 2.54. The quantitative estimate of drug-likeness (QED) is 0.478. The largest absolute Gasteiger partial charge is 0.479 e. The number of nitrogens with zero attached hydrogens (tertiary/aromatic N) is 1. The average Bonchev–Trinajstić information content (AvgIpc) is 2.93. The zero-order valence-electron chi connectivity index (χ0n) is 10.9. The van der Waals surface area contributed by atoms with E-state index in [-0.39, 0.29) is 29.6 Å². The molecule has 0 unspecified atom stereocenters. The lowest BCUT2D eigenvalue weighted by Gasteiger charge is -2.05. The van der Waals surface area contributed by atoms with Gasteiger partial charge in [-0.05, 0) is 18.2 Å². The predicted molar refractivity (Wildman–Crippen MR) is 67.4 cm³/mol. The minimum Gasteiger partial charge on any atom is -0.479 e. The highest BCUT2D eigenvalue weighted by atomic mass is 19.1. The van der Waals surface area contributed by atoms with Gasteiger partial charge in [-0.2, -0.15) is 0 Å². The van der Waals surface area contributed by atoms with E-state index in [1.165, 1.54) is 19.2 Å². The van der Waals surface area contributed by atoms with Gasteiger partial charge >= 0.3 is 11.7 Å². The van der Waals surface area contributed by atoms with E-state index in [1.807, 2.05) is 0 Å². The van der Waals surface area contributed by atoms with Crippen LogP contribution in [0.5, 0.6) is 5.75 Å². The minimum absolute atomic E-state index is 0.0233. The maximum absolute atomic E-state index is 13.1. The number of nitro groups is 1. The topological polar surface area (TPSA) is 91.8 Å². The van der Waals surface area contributed by atoms with Crippen LogP contribution in [0.25, 0.3) is 0 Å². The molecule has 0 spiro atoms. The minimum atomic E-state index is -0.684. The number of nitro benzene ring substituents is 1. The standard InChI is InChI=1S/C13H10FNO6/c1-19-13(16)11-5-3-9(21-11)7-20-12-6-8(14)2-4-10(12)15(17)18/h2-6H,7H2,1H3. The number of methoxy groups -OCH3 is 1. The predicted octanol–water partition coefficient (Wildman–Crippen LogP) is 2.69. The normalized spacial score (nSPS) is 10.2. The zero-order chi connectivity index (χ0) is 15.4. The molecule has 7 nitrogen and oxygen atoms in total. The van der Waals surface area contributed by atoms with E-state index in [0.29, 0.717) is 0 Å². The van der Waals surface area contributed by atoms with Crippen molar-refractivity contribution in [1.29, 1.82) is 0 Å². The lowest BCUT2D eigenvalue weighted by Crippen LogP contribution is -2.00. The molecule has 0 fully saturated rings. The van der Waals surface area contributed by atoms with Crippen LogP contribution in [-0.2, 0) is 11.3 Å². The van der Waals surface area contributed by atoms with Crippen LogP contribution in [0.1, 0.15) is 16.3 Å². The van der Waals surface area contributed by atoms with Gasteiger partial charge in [0.05, 0.1) is 12.0 Å². The van der Waals surface area contributed by atoms with Gasteiger partial charge in [0.1, 0.15) is 18.2 Å². The zero-order valence-corrected chi connectivity index (χ0v) is 10.9. The number of hydrogen-bond acceptors (Lipinski definition) is 6. The monoisotopic (exact) mass is 295 g/mol. The Labute approximate surface area is 118 Å². The molecule has 0 N–H and O–H groups in total. The highest BCUT2D eigenvalue weighted by molar-refractivity contribution is 5.86. The number of rotatable bonds is 5. The molecule has 0 radical (unpaired) electrons. The number of carbonyl (C=O) groups excluding carboxylic acids is 1. The van der Waals surface area contributed by atoms with Crippen LogP contribution in [0.15, 0.2) is 34.7 Å². The summed E-state index contributed by atoms with van der Waals surface area (Å²) in [5.74, 6) is -1.32. The van der Waals surface area contributed by atoms with Gasteiger partial charge in [-0.3, -0.25) is 10.1 Å². The van der Waals surface area contributed by atoms with Crippen LogP contribution in [-0.4, -0.2) is 18.0 Å². The van der Waals surface area contributed by atoms with E-state index in [9.17, 15) is 19.3 Å². The van der Waals surface area contributed by atoms with Crippen molar-refractivity contribution >= 4 is 11.7 Å². The van der Waals surface area contributed by atoms with Gasteiger partial charge in [0.15, 0.2) is 5.75 Å². The second-order valence-electron chi connectivity index (χ2n) is 3.92. The molecule has 0 amide bonds. The van der Waals surface area contributed by atoms with E-state index >= 15 is 0 Å². The summed E-state index contributed by atoms with van der Waals surface area (Å²) in [7, 11) is 1.21. The second kappa shape index (κ2) is 6.04. The second-order valence-corrected chi connectivity index (χ2v) is 3.92. The smallest absolute Gasteiger partial charge is 0.373 e. The molecule has 0 saturated heterocycles. The number of furan rings is 1. The first kappa shape index (κ1) is 14.5. The van der Waals surface area contributed by atoms with Gasteiger partial charge < -0.3 is 13.9 Å². The van der Waals surface area contributed by atoms with Crippen LogP contribution in [0.3, 0.4) is 0 Å². The van der Waals surface area contributed by atoms with Crippen molar-refractivity contribution in [1.82, 2.24) is 0 Å². The number of ether oxygens (including phenoxy) is 2. The Kier molecular flexibility index (Phi) is 4.17. The molecule has 0 bridgehead atoms. The van der Waals surface area contributed by atoms with E-state index in [0.717, 1.165) is 18.2 Å². The number of hydrogen-bond donors (Lipinski definition) is 0. The molecule has 0 aliphatic heterocycles. The van der Waals surface area contributed by atoms with Crippen molar-refractivity contribution in [2.45, 2.75) is 6.61 Å². The molecule has 21 heavy (non-hydrogen) atoms. The van der Waals surface area contributed by atoms with Gasteiger partial charge in [-0.25, -0.2) is 9.18 Å². The number of benzene rings is 1. The van der Waals surface area contributed by atoms with Crippen LogP contribution >= 0.6 is 0 Å². The van der Waals surface area contributed by atoms with E-state index in [2.05, 4.69) is 4.74 Å².